The van der Waals surface area contributed by atoms with Gasteiger partial charge in [-0.25, -0.2) is 9.97 Å². The maximum atomic E-state index is 5.56. The van der Waals surface area contributed by atoms with Gasteiger partial charge in [0.25, 0.3) is 0 Å². The first-order valence-corrected chi connectivity index (χ1v) is 25.8. The molecule has 4 heteroatoms. The van der Waals surface area contributed by atoms with Crippen molar-refractivity contribution >= 4 is 70.2 Å². The normalized spacial score (nSPS) is 12.6. The molecule has 0 aliphatic carbocycles. The lowest BCUT2D eigenvalue weighted by Crippen LogP contribution is -1.95. The van der Waals surface area contributed by atoms with E-state index in [9.17, 15) is 0 Å². The third kappa shape index (κ3) is 7.52. The highest BCUT2D eigenvalue weighted by atomic mass is 14.9. The average Bonchev–Trinajstić information content (AvgIpc) is 4.10. The van der Waals surface area contributed by atoms with Crippen molar-refractivity contribution in [2.75, 3.05) is 0 Å². The van der Waals surface area contributed by atoms with E-state index in [1.165, 1.54) is 81.3 Å². The molecule has 2 heterocycles. The molecule has 0 unspecified atom stereocenters. The molecule has 2 aromatic heterocycles. The van der Waals surface area contributed by atoms with Crippen LogP contribution in [0.15, 0.2) is 218 Å². The monoisotopic (exact) mass is 938 g/mol. The van der Waals surface area contributed by atoms with Crippen LogP contribution in [0, 0.1) is 0 Å². The zero-order chi connectivity index (χ0) is 49.2. The van der Waals surface area contributed by atoms with Crippen LogP contribution in [0.1, 0.15) is 50.6 Å². The Bertz CT molecular complexity index is 4280. The summed E-state index contributed by atoms with van der Waals surface area (Å²) in [5.41, 5.74) is 15.6. The first-order valence-electron chi connectivity index (χ1n) is 25.8. The van der Waals surface area contributed by atoms with Crippen LogP contribution in [0.2, 0.25) is 0 Å². The van der Waals surface area contributed by atoms with Gasteiger partial charge in [0.15, 0.2) is 0 Å². The lowest BCUT2D eigenvalue weighted by molar-refractivity contribution is 0.938. The molecule has 13 rings (SSSR count). The number of rotatable bonds is 13. The van der Waals surface area contributed by atoms with Gasteiger partial charge in [0.2, 0.25) is 0 Å². The maximum Gasteiger partial charge on any atom is 0.138 e. The number of aromatic nitrogens is 4. The Morgan fingerprint density at radius 1 is 0.507 bits per heavy atom. The van der Waals surface area contributed by atoms with Crippen LogP contribution in [0.5, 0.6) is 0 Å². The van der Waals surface area contributed by atoms with Crippen molar-refractivity contribution in [3.8, 4) is 56.4 Å². The molecule has 0 aliphatic rings. The molecule has 0 amide bonds. The van der Waals surface area contributed by atoms with Crippen LogP contribution in [0.25, 0.3) is 127 Å². The Kier molecular flexibility index (Phi) is 10.9. The van der Waals surface area contributed by atoms with Gasteiger partial charge in [-0.15, -0.1) is 0 Å². The molecular weight excluding hydrogens is 885 g/mol. The zero-order valence-electron chi connectivity index (χ0n) is 41.5. The Morgan fingerprint density at radius 2 is 1.11 bits per heavy atom. The fourth-order valence-electron chi connectivity index (χ4n) is 11.6. The molecule has 0 atom stereocenters. The second-order valence-corrected chi connectivity index (χ2v) is 19.6. The predicted molar refractivity (Wildman–Crippen MR) is 311 cm³/mol. The fourth-order valence-corrected chi connectivity index (χ4v) is 11.6. The lowest BCUT2D eigenvalue weighted by Gasteiger charge is -2.15. The molecule has 73 heavy (non-hydrogen) atoms. The number of hydrogen-bond donors (Lipinski definition) is 2. The van der Waals surface area contributed by atoms with Gasteiger partial charge < -0.3 is 9.97 Å². The van der Waals surface area contributed by atoms with Gasteiger partial charge in [0, 0.05) is 33.4 Å². The Labute approximate surface area is 425 Å². The molecule has 13 aromatic rings. The SMILES string of the molecule is C=C/C(CC)=C(\C=C(/C)CCc1ccc(CC)c(-c2nc(-c3ccc4ccc5cccc6ccc3c4c56)c(-c3ccccc3)[nH]2)c1)c1nc(-c2ccccc2)c(-c2cc3cccc4ccc5cccc2c5c43)[nH]1. The second kappa shape index (κ2) is 18.1. The number of aryl methyl sites for hydroxylation is 2. The van der Waals surface area contributed by atoms with E-state index >= 15 is 0 Å². The molecule has 0 saturated carbocycles. The molecule has 0 saturated heterocycles. The van der Waals surface area contributed by atoms with E-state index in [2.05, 4.69) is 231 Å². The fraction of sp³-hybridized carbons (Fsp3) is 0.101. The molecule has 0 spiro atoms. The minimum absolute atomic E-state index is 0.823. The summed E-state index contributed by atoms with van der Waals surface area (Å²) in [6.45, 7) is 11.0. The zero-order valence-corrected chi connectivity index (χ0v) is 41.5. The Hall–Kier alpha value is -8.86. The number of aromatic amines is 2. The number of nitrogens with zero attached hydrogens (tertiary/aromatic N) is 2. The van der Waals surface area contributed by atoms with E-state index in [4.69, 9.17) is 9.97 Å². The van der Waals surface area contributed by atoms with E-state index in [-0.39, 0.29) is 0 Å². The number of allylic oxidation sites excluding steroid dienone is 5. The molecule has 0 radical (unpaired) electrons. The van der Waals surface area contributed by atoms with Crippen molar-refractivity contribution in [2.24, 2.45) is 0 Å². The van der Waals surface area contributed by atoms with Gasteiger partial charge in [0.1, 0.15) is 11.6 Å². The summed E-state index contributed by atoms with van der Waals surface area (Å²) in [5, 5.41) is 15.1. The van der Waals surface area contributed by atoms with Gasteiger partial charge >= 0.3 is 0 Å². The van der Waals surface area contributed by atoms with E-state index in [1.807, 2.05) is 6.08 Å². The highest BCUT2D eigenvalue weighted by molar-refractivity contribution is 6.27. The topological polar surface area (TPSA) is 57.4 Å². The predicted octanol–water partition coefficient (Wildman–Crippen LogP) is 18.8. The van der Waals surface area contributed by atoms with Crippen LogP contribution in [-0.2, 0) is 12.8 Å². The number of imidazole rings is 2. The van der Waals surface area contributed by atoms with Crippen LogP contribution in [0.3, 0.4) is 0 Å². The number of hydrogen-bond acceptors (Lipinski definition) is 2. The first kappa shape index (κ1) is 44.1. The largest absolute Gasteiger partial charge is 0.337 e. The van der Waals surface area contributed by atoms with Crippen LogP contribution in [-0.4, -0.2) is 19.9 Å². The van der Waals surface area contributed by atoms with E-state index in [1.54, 1.807) is 0 Å². The van der Waals surface area contributed by atoms with E-state index < -0.39 is 0 Å². The highest BCUT2D eigenvalue weighted by Gasteiger charge is 2.23. The van der Waals surface area contributed by atoms with Crippen molar-refractivity contribution in [1.29, 1.82) is 0 Å². The van der Waals surface area contributed by atoms with Crippen molar-refractivity contribution in [3.05, 3.63) is 235 Å². The average molecular weight is 939 g/mol. The summed E-state index contributed by atoms with van der Waals surface area (Å²) in [4.78, 5) is 18.9. The summed E-state index contributed by atoms with van der Waals surface area (Å²) in [7, 11) is 0. The summed E-state index contributed by atoms with van der Waals surface area (Å²) in [6.07, 6.45) is 7.80. The number of nitrogens with one attached hydrogen (secondary N) is 2. The minimum Gasteiger partial charge on any atom is -0.337 e. The summed E-state index contributed by atoms with van der Waals surface area (Å²) >= 11 is 0. The quantitative estimate of drug-likeness (QED) is 0.0894. The minimum atomic E-state index is 0.823. The van der Waals surface area contributed by atoms with Crippen LogP contribution >= 0.6 is 0 Å². The number of benzene rings is 11. The lowest BCUT2D eigenvalue weighted by atomic mass is 9.89. The first-order chi connectivity index (χ1) is 36.0. The van der Waals surface area contributed by atoms with Crippen LogP contribution < -0.4 is 0 Å². The van der Waals surface area contributed by atoms with Crippen molar-refractivity contribution < 1.29 is 0 Å². The Balaban J connectivity index is 0.874. The molecule has 11 aromatic carbocycles. The van der Waals surface area contributed by atoms with E-state index in [0.29, 0.717) is 0 Å². The highest BCUT2D eigenvalue weighted by Crippen LogP contribution is 2.45. The molecule has 4 nitrogen and oxygen atoms in total. The van der Waals surface area contributed by atoms with E-state index in [0.717, 1.165) is 99.1 Å². The van der Waals surface area contributed by atoms with Gasteiger partial charge in [-0.05, 0) is 126 Å². The van der Waals surface area contributed by atoms with Gasteiger partial charge in [-0.2, -0.15) is 0 Å². The summed E-state index contributed by atoms with van der Waals surface area (Å²) < 4.78 is 0. The molecular formula is C69H54N4. The third-order valence-electron chi connectivity index (χ3n) is 15.3. The number of H-pyrrole nitrogens is 2. The molecule has 0 bridgehead atoms. The Morgan fingerprint density at radius 3 is 1.79 bits per heavy atom. The molecule has 2 N–H and O–H groups in total. The maximum absolute atomic E-state index is 5.56. The molecule has 350 valence electrons. The van der Waals surface area contributed by atoms with Crippen molar-refractivity contribution in [1.82, 2.24) is 19.9 Å². The smallest absolute Gasteiger partial charge is 0.138 e. The van der Waals surface area contributed by atoms with Gasteiger partial charge in [-0.3, -0.25) is 0 Å². The van der Waals surface area contributed by atoms with Gasteiger partial charge in [0.05, 0.1) is 22.8 Å². The van der Waals surface area contributed by atoms with Crippen molar-refractivity contribution in [3.63, 3.8) is 0 Å². The third-order valence-corrected chi connectivity index (χ3v) is 15.3. The van der Waals surface area contributed by atoms with Crippen LogP contribution in [0.4, 0.5) is 0 Å². The molecule has 0 fully saturated rings. The standard InChI is InChI=1S/C69H54N4/c1-5-44(6-2)57(68-71-65(52-19-12-9-13-20-52)67(73-68)59-41-53-25-15-23-47-31-33-49-24-16-26-54(59)62(49)61(47)53)39-42(4)27-28-43-29-30-45(7-3)58(40-43)69-70-64(51-17-10-8-11-18-51)66(72-69)56-38-36-50-34-32-46-21-14-22-48-35-37-55(56)63(50)60(46)48/h5,8-26,29-41H,1,6-7,27-28H2,2-4H3,(H,70,72)(H,71,73)/b42-39+,57-44-. The summed E-state index contributed by atoms with van der Waals surface area (Å²) in [6, 6.07) is 68.5. The summed E-state index contributed by atoms with van der Waals surface area (Å²) in [5.74, 6) is 1.74. The molecule has 0 aliphatic heterocycles. The second-order valence-electron chi connectivity index (χ2n) is 19.6. The van der Waals surface area contributed by atoms with Gasteiger partial charge in [-0.1, -0.05) is 214 Å². The van der Waals surface area contributed by atoms with Crippen molar-refractivity contribution in [2.45, 2.75) is 46.5 Å².